The number of nitrogens with one attached hydrogen (secondary N) is 1. The highest BCUT2D eigenvalue weighted by Gasteiger charge is 2.25. The van der Waals surface area contributed by atoms with E-state index in [1.165, 1.54) is 6.08 Å². The van der Waals surface area contributed by atoms with E-state index in [0.717, 1.165) is 16.8 Å². The summed E-state index contributed by atoms with van der Waals surface area (Å²) in [6.07, 6.45) is 3.53. The maximum atomic E-state index is 12.2. The van der Waals surface area contributed by atoms with Crippen molar-refractivity contribution in [3.8, 4) is 11.5 Å². The molecule has 3 rings (SSSR count). The molecular formula is C21H22N2O4. The summed E-state index contributed by atoms with van der Waals surface area (Å²) < 4.78 is 10.5. The fourth-order valence-electron chi connectivity index (χ4n) is 3.12. The first-order valence-corrected chi connectivity index (χ1v) is 8.70. The number of anilines is 2. The van der Waals surface area contributed by atoms with Crippen LogP contribution in [0.15, 0.2) is 42.5 Å². The topological polar surface area (TPSA) is 67.9 Å². The van der Waals surface area contributed by atoms with Crippen LogP contribution in [0.1, 0.15) is 18.1 Å². The van der Waals surface area contributed by atoms with E-state index in [1.54, 1.807) is 37.3 Å². The molecule has 0 saturated carbocycles. The first-order chi connectivity index (χ1) is 13.0. The smallest absolute Gasteiger partial charge is 0.248 e. The molecule has 0 saturated heterocycles. The number of fused-ring (bicyclic) bond motifs is 1. The first-order valence-electron chi connectivity index (χ1n) is 8.70. The number of benzene rings is 2. The van der Waals surface area contributed by atoms with Gasteiger partial charge in [-0.1, -0.05) is 6.07 Å². The molecule has 0 atom stereocenters. The van der Waals surface area contributed by atoms with Gasteiger partial charge in [0.05, 0.1) is 20.6 Å². The Hall–Kier alpha value is -3.28. The average molecular weight is 366 g/mol. The van der Waals surface area contributed by atoms with Crippen LogP contribution >= 0.6 is 0 Å². The molecule has 0 fully saturated rings. The molecule has 0 bridgehead atoms. The largest absolute Gasteiger partial charge is 0.493 e. The molecule has 2 aromatic rings. The average Bonchev–Trinajstić information content (AvgIpc) is 3.00. The molecule has 1 aliphatic heterocycles. The second-order valence-electron chi connectivity index (χ2n) is 6.10. The molecule has 0 radical (unpaired) electrons. The monoisotopic (exact) mass is 366 g/mol. The molecule has 27 heavy (non-hydrogen) atoms. The van der Waals surface area contributed by atoms with Gasteiger partial charge in [-0.15, -0.1) is 0 Å². The lowest BCUT2D eigenvalue weighted by molar-refractivity contribution is -0.117. The van der Waals surface area contributed by atoms with Crippen LogP contribution in [-0.2, 0) is 16.0 Å². The zero-order valence-electron chi connectivity index (χ0n) is 15.6. The fraction of sp³-hybridized carbons (Fsp3) is 0.238. The molecule has 6 nitrogen and oxygen atoms in total. The van der Waals surface area contributed by atoms with Crippen LogP contribution in [0, 0.1) is 0 Å². The fourth-order valence-corrected chi connectivity index (χ4v) is 3.12. The minimum absolute atomic E-state index is 0.0873. The van der Waals surface area contributed by atoms with E-state index in [0.29, 0.717) is 30.2 Å². The molecular weight excluding hydrogens is 344 g/mol. The first kappa shape index (κ1) is 18.5. The van der Waals surface area contributed by atoms with Crippen molar-refractivity contribution in [2.75, 3.05) is 31.0 Å². The predicted molar refractivity (Wildman–Crippen MR) is 105 cm³/mol. The van der Waals surface area contributed by atoms with Crippen LogP contribution < -0.4 is 19.7 Å². The summed E-state index contributed by atoms with van der Waals surface area (Å²) in [4.78, 5) is 25.9. The molecule has 0 spiro atoms. The Labute approximate surface area is 158 Å². The molecule has 140 valence electrons. The third kappa shape index (κ3) is 3.95. The van der Waals surface area contributed by atoms with Crippen LogP contribution in [0.2, 0.25) is 0 Å². The van der Waals surface area contributed by atoms with Crippen LogP contribution in [-0.4, -0.2) is 32.6 Å². The maximum absolute atomic E-state index is 12.2. The van der Waals surface area contributed by atoms with Gasteiger partial charge in [-0.05, 0) is 54.5 Å². The van der Waals surface area contributed by atoms with E-state index in [1.807, 2.05) is 31.2 Å². The Bertz CT molecular complexity index is 905. The van der Waals surface area contributed by atoms with Crippen LogP contribution in [0.25, 0.3) is 6.08 Å². The SMILES string of the molecule is CCN1C(=O)Cc2cc(NC(=O)/C=C/c3ccc(OC)c(OC)c3)ccc21. The highest BCUT2D eigenvalue weighted by Crippen LogP contribution is 2.31. The van der Waals surface area contributed by atoms with Crippen molar-refractivity contribution in [2.24, 2.45) is 0 Å². The van der Waals surface area contributed by atoms with E-state index in [9.17, 15) is 9.59 Å². The summed E-state index contributed by atoms with van der Waals surface area (Å²) in [5, 5.41) is 2.83. The summed E-state index contributed by atoms with van der Waals surface area (Å²) in [7, 11) is 3.14. The van der Waals surface area contributed by atoms with Gasteiger partial charge in [0, 0.05) is 24.0 Å². The van der Waals surface area contributed by atoms with E-state index in [-0.39, 0.29) is 11.8 Å². The van der Waals surface area contributed by atoms with Gasteiger partial charge in [0.25, 0.3) is 0 Å². The molecule has 2 aromatic carbocycles. The van der Waals surface area contributed by atoms with Crippen molar-refractivity contribution < 1.29 is 19.1 Å². The summed E-state index contributed by atoms with van der Waals surface area (Å²) in [6, 6.07) is 11.0. The van der Waals surface area contributed by atoms with Gasteiger partial charge in [0.1, 0.15) is 0 Å². The summed E-state index contributed by atoms with van der Waals surface area (Å²) >= 11 is 0. The van der Waals surface area contributed by atoms with Gasteiger partial charge >= 0.3 is 0 Å². The molecule has 2 amide bonds. The number of likely N-dealkylation sites (N-methyl/N-ethyl adjacent to an activating group) is 1. The van der Waals surface area contributed by atoms with Gasteiger partial charge in [-0.3, -0.25) is 9.59 Å². The van der Waals surface area contributed by atoms with Crippen LogP contribution in [0.5, 0.6) is 11.5 Å². The number of ether oxygens (including phenoxy) is 2. The van der Waals surface area contributed by atoms with Gasteiger partial charge in [-0.25, -0.2) is 0 Å². The van der Waals surface area contributed by atoms with E-state index >= 15 is 0 Å². The van der Waals surface area contributed by atoms with Crippen molar-refractivity contribution in [3.63, 3.8) is 0 Å². The number of rotatable bonds is 6. The summed E-state index contributed by atoms with van der Waals surface area (Å²) in [5.74, 6) is 1.07. The Balaban J connectivity index is 1.69. The number of hydrogen-bond acceptors (Lipinski definition) is 4. The number of carbonyl (C=O) groups excluding carboxylic acids is 2. The number of amides is 2. The second-order valence-corrected chi connectivity index (χ2v) is 6.10. The van der Waals surface area contributed by atoms with Gasteiger partial charge < -0.3 is 19.7 Å². The number of hydrogen-bond donors (Lipinski definition) is 1. The summed E-state index contributed by atoms with van der Waals surface area (Å²) in [5.41, 5.74) is 3.34. The lowest BCUT2D eigenvalue weighted by Gasteiger charge is -2.14. The number of nitrogens with zero attached hydrogens (tertiary/aromatic N) is 1. The quantitative estimate of drug-likeness (QED) is 0.797. The van der Waals surface area contributed by atoms with Crippen molar-refractivity contribution in [1.29, 1.82) is 0 Å². The van der Waals surface area contributed by atoms with Crippen LogP contribution in [0.3, 0.4) is 0 Å². The van der Waals surface area contributed by atoms with Gasteiger partial charge in [-0.2, -0.15) is 0 Å². The van der Waals surface area contributed by atoms with Crippen molar-refractivity contribution in [3.05, 3.63) is 53.6 Å². The predicted octanol–water partition coefficient (Wildman–Crippen LogP) is 3.26. The van der Waals surface area contributed by atoms with Gasteiger partial charge in [0.15, 0.2) is 11.5 Å². The van der Waals surface area contributed by atoms with Crippen molar-refractivity contribution in [2.45, 2.75) is 13.3 Å². The number of methoxy groups -OCH3 is 2. The second kappa shape index (κ2) is 7.95. The third-order valence-corrected chi connectivity index (χ3v) is 4.43. The maximum Gasteiger partial charge on any atom is 0.248 e. The van der Waals surface area contributed by atoms with E-state index in [2.05, 4.69) is 5.32 Å². The highest BCUT2D eigenvalue weighted by atomic mass is 16.5. The molecule has 1 aliphatic rings. The van der Waals surface area contributed by atoms with E-state index < -0.39 is 0 Å². The molecule has 0 aromatic heterocycles. The van der Waals surface area contributed by atoms with E-state index in [4.69, 9.17) is 9.47 Å². The zero-order valence-corrected chi connectivity index (χ0v) is 15.6. The minimum Gasteiger partial charge on any atom is -0.493 e. The molecule has 1 heterocycles. The summed E-state index contributed by atoms with van der Waals surface area (Å²) in [6.45, 7) is 2.59. The molecule has 0 aliphatic carbocycles. The van der Waals surface area contributed by atoms with Crippen LogP contribution in [0.4, 0.5) is 11.4 Å². The lowest BCUT2D eigenvalue weighted by atomic mass is 10.1. The molecule has 0 unspecified atom stereocenters. The Kier molecular flexibility index (Phi) is 5.45. The number of carbonyl (C=O) groups is 2. The minimum atomic E-state index is -0.249. The standard InChI is InChI=1S/C21H22N2O4/c1-4-23-17-8-7-16(12-15(17)13-21(23)25)22-20(24)10-6-14-5-9-18(26-2)19(11-14)27-3/h5-12H,4,13H2,1-3H3,(H,22,24)/b10-6+. The van der Waals surface area contributed by atoms with Crippen molar-refractivity contribution >= 4 is 29.3 Å². The Morgan fingerprint density at radius 3 is 2.63 bits per heavy atom. The Morgan fingerprint density at radius 2 is 1.93 bits per heavy atom. The Morgan fingerprint density at radius 1 is 1.15 bits per heavy atom. The highest BCUT2D eigenvalue weighted by molar-refractivity contribution is 6.04. The third-order valence-electron chi connectivity index (χ3n) is 4.43. The molecule has 1 N–H and O–H groups in total. The van der Waals surface area contributed by atoms with Crippen molar-refractivity contribution in [1.82, 2.24) is 0 Å². The zero-order chi connectivity index (χ0) is 19.4. The lowest BCUT2D eigenvalue weighted by Crippen LogP contribution is -2.25. The van der Waals surface area contributed by atoms with Gasteiger partial charge in [0.2, 0.25) is 11.8 Å². The molecule has 6 heteroatoms. The normalized spacial score (nSPS) is 13.0.